The molecule has 0 atom stereocenters. The predicted octanol–water partition coefficient (Wildman–Crippen LogP) is 2.19. The van der Waals surface area contributed by atoms with E-state index in [9.17, 15) is 5.11 Å². The third-order valence-corrected chi connectivity index (χ3v) is 2.78. The van der Waals surface area contributed by atoms with E-state index < -0.39 is 0 Å². The van der Waals surface area contributed by atoms with Gasteiger partial charge in [0.1, 0.15) is 6.33 Å². The Kier molecular flexibility index (Phi) is 1.80. The second kappa shape index (κ2) is 3.17. The molecule has 3 aromatic rings. The molecule has 0 aliphatic rings. The fourth-order valence-corrected chi connectivity index (χ4v) is 2.05. The molecule has 3 nitrogen and oxygen atoms in total. The van der Waals surface area contributed by atoms with E-state index in [-0.39, 0.29) is 0 Å². The lowest BCUT2D eigenvalue weighted by Crippen LogP contribution is -2.06. The first kappa shape index (κ1) is 9.09. The topological polar surface area (TPSA) is 46.0 Å². The highest BCUT2D eigenvalue weighted by Gasteiger charge is 2.05. The van der Waals surface area contributed by atoms with Crippen LogP contribution in [0.2, 0.25) is 0 Å². The number of nitrogens with zero attached hydrogens (tertiary/aromatic N) is 2. The van der Waals surface area contributed by atoms with Gasteiger partial charge in [-0.3, -0.25) is 0 Å². The molecule has 0 spiro atoms. The van der Waals surface area contributed by atoms with Gasteiger partial charge >= 0.3 is 0 Å². The van der Waals surface area contributed by atoms with Gasteiger partial charge in [-0.25, -0.2) is 9.97 Å². The highest BCUT2D eigenvalue weighted by Crippen LogP contribution is 2.20. The van der Waals surface area contributed by atoms with Gasteiger partial charge in [0.2, 0.25) is 0 Å². The number of aliphatic hydroxyl groups is 1. The summed E-state index contributed by atoms with van der Waals surface area (Å²) in [6.07, 6.45) is 1.56. The maximum atomic E-state index is 9.64. The summed E-state index contributed by atoms with van der Waals surface area (Å²) in [4.78, 5) is 8.46. The van der Waals surface area contributed by atoms with Crippen molar-refractivity contribution in [1.29, 1.82) is 0 Å². The van der Waals surface area contributed by atoms with Gasteiger partial charge < -0.3 is 5.11 Å². The molecule has 0 aliphatic heterocycles. The molecule has 0 saturated carbocycles. The maximum absolute atomic E-state index is 9.64. The van der Waals surface area contributed by atoms with Gasteiger partial charge in [0.15, 0.2) is 0 Å². The number of aliphatic hydroxyl groups excluding tert-OH is 1. The van der Waals surface area contributed by atoms with Crippen LogP contribution in [0.5, 0.6) is 0 Å². The summed E-state index contributed by atoms with van der Waals surface area (Å²) in [7, 11) is 0. The molecule has 0 aliphatic carbocycles. The van der Waals surface area contributed by atoms with Crippen LogP contribution in [-0.2, 0) is 0 Å². The van der Waals surface area contributed by atoms with Crippen molar-refractivity contribution < 1.29 is 5.11 Å². The minimum atomic E-state index is 0.318. The van der Waals surface area contributed by atoms with E-state index in [1.54, 1.807) is 13.3 Å². The number of benzene rings is 2. The number of hydrogen-bond acceptors (Lipinski definition) is 3. The monoisotopic (exact) mass is 210 g/mol. The molecule has 78 valence electrons. The lowest BCUT2D eigenvalue weighted by atomic mass is 10.1. The van der Waals surface area contributed by atoms with Crippen molar-refractivity contribution in [2.45, 2.75) is 6.92 Å². The zero-order chi connectivity index (χ0) is 11.1. The SMILES string of the molecule is CC(O)=c1ccc2ncnc3cccc1c32. The van der Waals surface area contributed by atoms with Crippen molar-refractivity contribution in [2.24, 2.45) is 0 Å². The normalized spacial score (nSPS) is 13.3. The average molecular weight is 210 g/mol. The van der Waals surface area contributed by atoms with Crippen LogP contribution in [0.15, 0.2) is 36.7 Å². The summed E-state index contributed by atoms with van der Waals surface area (Å²) in [5, 5.41) is 12.5. The van der Waals surface area contributed by atoms with E-state index in [4.69, 9.17) is 0 Å². The Bertz CT molecular complexity index is 707. The molecule has 0 radical (unpaired) electrons. The summed E-state index contributed by atoms with van der Waals surface area (Å²) < 4.78 is 0. The summed E-state index contributed by atoms with van der Waals surface area (Å²) in [6.45, 7) is 1.69. The molecular weight excluding hydrogens is 200 g/mol. The van der Waals surface area contributed by atoms with Crippen LogP contribution >= 0.6 is 0 Å². The summed E-state index contributed by atoms with van der Waals surface area (Å²) in [5.41, 5.74) is 1.82. The Morgan fingerprint density at radius 2 is 1.81 bits per heavy atom. The largest absolute Gasteiger partial charge is 0.512 e. The lowest BCUT2D eigenvalue weighted by Gasteiger charge is -2.04. The second-order valence-corrected chi connectivity index (χ2v) is 3.79. The summed E-state index contributed by atoms with van der Waals surface area (Å²) in [5.74, 6) is 0.318. The van der Waals surface area contributed by atoms with E-state index in [0.29, 0.717) is 5.76 Å². The standard InChI is InChI=1S/C13H10N2O/c1-8(16)9-5-6-12-13-10(9)3-2-4-11(13)14-7-15-12/h2-7,16H,1H3. The van der Waals surface area contributed by atoms with E-state index in [2.05, 4.69) is 9.97 Å². The quantitative estimate of drug-likeness (QED) is 0.618. The first-order valence-corrected chi connectivity index (χ1v) is 5.09. The Morgan fingerprint density at radius 3 is 2.56 bits per heavy atom. The number of aromatic nitrogens is 2. The summed E-state index contributed by atoms with van der Waals surface area (Å²) in [6, 6.07) is 9.67. The first-order chi connectivity index (χ1) is 7.77. The lowest BCUT2D eigenvalue weighted by molar-refractivity contribution is 0.499. The molecule has 2 aromatic carbocycles. The van der Waals surface area contributed by atoms with Crippen molar-refractivity contribution in [3.63, 3.8) is 0 Å². The van der Waals surface area contributed by atoms with Crippen molar-refractivity contribution in [2.75, 3.05) is 0 Å². The van der Waals surface area contributed by atoms with Crippen LogP contribution in [0.25, 0.3) is 27.6 Å². The van der Waals surface area contributed by atoms with Crippen LogP contribution in [-0.4, -0.2) is 15.1 Å². The third kappa shape index (κ3) is 1.15. The fourth-order valence-electron chi connectivity index (χ4n) is 2.05. The maximum Gasteiger partial charge on any atom is 0.116 e. The molecule has 0 amide bonds. The third-order valence-electron chi connectivity index (χ3n) is 2.78. The molecule has 3 heteroatoms. The van der Waals surface area contributed by atoms with Gasteiger partial charge in [0, 0.05) is 10.6 Å². The Morgan fingerprint density at radius 1 is 1.06 bits per heavy atom. The molecule has 16 heavy (non-hydrogen) atoms. The average Bonchev–Trinajstić information content (AvgIpc) is 2.30. The molecule has 1 N–H and O–H groups in total. The molecule has 0 bridgehead atoms. The molecule has 0 fully saturated rings. The smallest absolute Gasteiger partial charge is 0.116 e. The van der Waals surface area contributed by atoms with E-state index in [1.165, 1.54) is 0 Å². The van der Waals surface area contributed by atoms with Gasteiger partial charge in [-0.05, 0) is 30.5 Å². The van der Waals surface area contributed by atoms with E-state index >= 15 is 0 Å². The molecule has 3 rings (SSSR count). The number of hydrogen-bond donors (Lipinski definition) is 1. The molecular formula is C13H10N2O. The van der Waals surface area contributed by atoms with Gasteiger partial charge in [-0.15, -0.1) is 0 Å². The number of rotatable bonds is 0. The Hall–Kier alpha value is -2.16. The van der Waals surface area contributed by atoms with Crippen LogP contribution < -0.4 is 5.22 Å². The van der Waals surface area contributed by atoms with Crippen LogP contribution in [0.1, 0.15) is 6.92 Å². The van der Waals surface area contributed by atoms with Gasteiger partial charge in [-0.1, -0.05) is 12.1 Å². The molecule has 0 unspecified atom stereocenters. The van der Waals surface area contributed by atoms with E-state index in [1.807, 2.05) is 30.3 Å². The van der Waals surface area contributed by atoms with Crippen molar-refractivity contribution in [3.8, 4) is 0 Å². The van der Waals surface area contributed by atoms with Crippen molar-refractivity contribution in [1.82, 2.24) is 9.97 Å². The van der Waals surface area contributed by atoms with Crippen LogP contribution in [0.4, 0.5) is 0 Å². The Balaban J connectivity index is 2.72. The molecule has 1 heterocycles. The highest BCUT2D eigenvalue weighted by atomic mass is 16.3. The van der Waals surface area contributed by atoms with Crippen LogP contribution in [0, 0.1) is 0 Å². The van der Waals surface area contributed by atoms with Gasteiger partial charge in [0.05, 0.1) is 16.8 Å². The first-order valence-electron chi connectivity index (χ1n) is 5.09. The summed E-state index contributed by atoms with van der Waals surface area (Å²) >= 11 is 0. The van der Waals surface area contributed by atoms with E-state index in [0.717, 1.165) is 27.0 Å². The zero-order valence-corrected chi connectivity index (χ0v) is 8.81. The Labute approximate surface area is 92.1 Å². The minimum Gasteiger partial charge on any atom is -0.512 e. The van der Waals surface area contributed by atoms with Crippen molar-refractivity contribution >= 4 is 27.6 Å². The second-order valence-electron chi connectivity index (χ2n) is 3.79. The van der Waals surface area contributed by atoms with Crippen molar-refractivity contribution in [3.05, 3.63) is 41.9 Å². The highest BCUT2D eigenvalue weighted by molar-refractivity contribution is 6.06. The zero-order valence-electron chi connectivity index (χ0n) is 8.81. The molecule has 1 aromatic heterocycles. The predicted molar refractivity (Wildman–Crippen MR) is 64.0 cm³/mol. The fraction of sp³-hybridized carbons (Fsp3) is 0.0769. The van der Waals surface area contributed by atoms with Gasteiger partial charge in [-0.2, -0.15) is 0 Å². The van der Waals surface area contributed by atoms with Crippen LogP contribution in [0.3, 0.4) is 0 Å². The molecule has 0 saturated heterocycles. The minimum absolute atomic E-state index is 0.318. The van der Waals surface area contributed by atoms with Gasteiger partial charge in [0.25, 0.3) is 0 Å².